The van der Waals surface area contributed by atoms with Crippen LogP contribution in [0.2, 0.25) is 0 Å². The lowest BCUT2D eigenvalue weighted by Gasteiger charge is -2.36. The van der Waals surface area contributed by atoms with E-state index in [2.05, 4.69) is 17.0 Å². The Morgan fingerprint density at radius 2 is 1.68 bits per heavy atom. The molecule has 7 nitrogen and oxygen atoms in total. The molecular formula is C24H28N2O5. The predicted octanol–water partition coefficient (Wildman–Crippen LogP) is 3.00. The highest BCUT2D eigenvalue weighted by molar-refractivity contribution is 5.90. The first-order valence-corrected chi connectivity index (χ1v) is 10.2. The number of carbonyl (C=O) groups excluding carboxylic acids is 2. The number of piperazine rings is 1. The van der Waals surface area contributed by atoms with Gasteiger partial charge in [-0.2, -0.15) is 0 Å². The number of nitrogens with zero attached hydrogens (tertiary/aromatic N) is 2. The molecule has 7 heteroatoms. The van der Waals surface area contributed by atoms with Crippen molar-refractivity contribution in [2.45, 2.75) is 13.0 Å². The number of hydrogen-bond acceptors (Lipinski definition) is 6. The maximum atomic E-state index is 12.7. The molecule has 0 saturated carbocycles. The molecule has 31 heavy (non-hydrogen) atoms. The van der Waals surface area contributed by atoms with Gasteiger partial charge in [0.25, 0.3) is 5.91 Å². The van der Waals surface area contributed by atoms with Gasteiger partial charge >= 0.3 is 5.97 Å². The quantitative estimate of drug-likeness (QED) is 0.503. The fourth-order valence-corrected chi connectivity index (χ4v) is 3.47. The molecule has 0 aliphatic carbocycles. The monoisotopic (exact) mass is 424 g/mol. The summed E-state index contributed by atoms with van der Waals surface area (Å²) >= 11 is 0. The van der Waals surface area contributed by atoms with E-state index >= 15 is 0 Å². The van der Waals surface area contributed by atoms with Crippen molar-refractivity contribution >= 4 is 23.6 Å². The third-order valence-electron chi connectivity index (χ3n) is 5.19. The van der Waals surface area contributed by atoms with Crippen molar-refractivity contribution in [1.82, 2.24) is 4.90 Å². The van der Waals surface area contributed by atoms with Gasteiger partial charge < -0.3 is 24.0 Å². The molecule has 1 fully saturated rings. The van der Waals surface area contributed by atoms with E-state index in [1.807, 2.05) is 18.2 Å². The van der Waals surface area contributed by atoms with Crippen LogP contribution in [0.1, 0.15) is 12.5 Å². The molecule has 1 saturated heterocycles. The van der Waals surface area contributed by atoms with Gasteiger partial charge in [-0.25, -0.2) is 4.79 Å². The fraction of sp³-hybridized carbons (Fsp3) is 0.333. The molecule has 0 bridgehead atoms. The van der Waals surface area contributed by atoms with Crippen LogP contribution in [-0.4, -0.2) is 63.3 Å². The molecule has 1 heterocycles. The molecule has 1 aliphatic heterocycles. The van der Waals surface area contributed by atoms with Crippen LogP contribution in [0.15, 0.2) is 54.6 Å². The van der Waals surface area contributed by atoms with E-state index in [1.54, 1.807) is 50.3 Å². The van der Waals surface area contributed by atoms with Crippen LogP contribution in [0, 0.1) is 0 Å². The van der Waals surface area contributed by atoms with Gasteiger partial charge in [0.1, 0.15) is 11.5 Å². The maximum absolute atomic E-state index is 12.7. The van der Waals surface area contributed by atoms with E-state index in [0.29, 0.717) is 30.2 Å². The highest BCUT2D eigenvalue weighted by Gasteiger charge is 2.26. The van der Waals surface area contributed by atoms with Gasteiger partial charge in [0.05, 0.1) is 14.2 Å². The van der Waals surface area contributed by atoms with Crippen LogP contribution < -0.4 is 14.4 Å². The van der Waals surface area contributed by atoms with Crippen molar-refractivity contribution in [3.63, 3.8) is 0 Å². The molecule has 0 aromatic heterocycles. The molecule has 1 unspecified atom stereocenters. The average Bonchev–Trinajstić information content (AvgIpc) is 2.82. The molecule has 0 N–H and O–H groups in total. The molecule has 1 amide bonds. The Bertz CT molecular complexity index is 921. The average molecular weight is 424 g/mol. The van der Waals surface area contributed by atoms with E-state index in [9.17, 15) is 9.59 Å². The van der Waals surface area contributed by atoms with Crippen LogP contribution in [0.4, 0.5) is 5.69 Å². The number of hydrogen-bond donors (Lipinski definition) is 0. The first-order chi connectivity index (χ1) is 15.0. The van der Waals surface area contributed by atoms with Crippen molar-refractivity contribution in [3.05, 3.63) is 60.2 Å². The van der Waals surface area contributed by atoms with Gasteiger partial charge in [0, 0.05) is 43.5 Å². The number of para-hydroxylation sites is 1. The van der Waals surface area contributed by atoms with Crippen LogP contribution in [-0.2, 0) is 14.3 Å². The number of amides is 1. The van der Waals surface area contributed by atoms with E-state index in [1.165, 1.54) is 6.08 Å². The van der Waals surface area contributed by atoms with E-state index in [-0.39, 0.29) is 5.91 Å². The normalized spacial score (nSPS) is 14.9. The second kappa shape index (κ2) is 10.5. The van der Waals surface area contributed by atoms with Crippen LogP contribution >= 0.6 is 0 Å². The van der Waals surface area contributed by atoms with Gasteiger partial charge in [-0.05, 0) is 43.3 Å². The standard InChI is InChI=1S/C24H28N2O5/c1-18(24(28)26-15-13-25(14-16-26)20-7-5-4-6-8-20)31-23(27)12-9-19-17-21(29-2)10-11-22(19)30-3/h4-12,17-18H,13-16H2,1-3H3/b12-9+. The zero-order valence-electron chi connectivity index (χ0n) is 18.1. The zero-order valence-corrected chi connectivity index (χ0v) is 18.1. The number of ether oxygens (including phenoxy) is 3. The topological polar surface area (TPSA) is 68.3 Å². The van der Waals surface area contributed by atoms with E-state index < -0.39 is 12.1 Å². The smallest absolute Gasteiger partial charge is 0.331 e. The lowest BCUT2D eigenvalue weighted by Crippen LogP contribution is -2.51. The Labute approximate surface area is 182 Å². The second-order valence-electron chi connectivity index (χ2n) is 7.17. The summed E-state index contributed by atoms with van der Waals surface area (Å²) in [5.74, 6) is 0.472. The first kappa shape index (κ1) is 22.2. The third kappa shape index (κ3) is 5.78. The molecule has 1 atom stereocenters. The Morgan fingerprint density at radius 1 is 0.968 bits per heavy atom. The SMILES string of the molecule is COc1ccc(OC)c(/C=C/C(=O)OC(C)C(=O)N2CCN(c3ccccc3)CC2)c1. The lowest BCUT2D eigenvalue weighted by molar-refractivity contribution is -0.155. The molecule has 1 aliphatic rings. The molecule has 2 aromatic carbocycles. The van der Waals surface area contributed by atoms with Crippen molar-refractivity contribution in [3.8, 4) is 11.5 Å². The summed E-state index contributed by atoms with van der Waals surface area (Å²) in [7, 11) is 3.12. The number of esters is 1. The number of benzene rings is 2. The minimum Gasteiger partial charge on any atom is -0.497 e. The van der Waals surface area contributed by atoms with Gasteiger partial charge in [-0.15, -0.1) is 0 Å². The Kier molecular flexibility index (Phi) is 7.54. The Balaban J connectivity index is 1.53. The summed E-state index contributed by atoms with van der Waals surface area (Å²) < 4.78 is 15.8. The molecule has 0 radical (unpaired) electrons. The number of methoxy groups -OCH3 is 2. The molecule has 164 valence electrons. The maximum Gasteiger partial charge on any atom is 0.331 e. The summed E-state index contributed by atoms with van der Waals surface area (Å²) in [6, 6.07) is 15.4. The van der Waals surface area contributed by atoms with Crippen molar-refractivity contribution in [1.29, 1.82) is 0 Å². The fourth-order valence-electron chi connectivity index (χ4n) is 3.47. The van der Waals surface area contributed by atoms with Crippen molar-refractivity contribution in [2.75, 3.05) is 45.3 Å². The van der Waals surface area contributed by atoms with Gasteiger partial charge in [0.2, 0.25) is 0 Å². The zero-order chi connectivity index (χ0) is 22.2. The van der Waals surface area contributed by atoms with Crippen LogP contribution in [0.25, 0.3) is 6.08 Å². The number of anilines is 1. The number of rotatable bonds is 7. The molecular weight excluding hydrogens is 396 g/mol. The summed E-state index contributed by atoms with van der Waals surface area (Å²) in [6.45, 7) is 4.26. The van der Waals surface area contributed by atoms with Crippen molar-refractivity contribution < 1.29 is 23.8 Å². The number of carbonyl (C=O) groups is 2. The summed E-state index contributed by atoms with van der Waals surface area (Å²) in [5.41, 5.74) is 1.82. The second-order valence-corrected chi connectivity index (χ2v) is 7.17. The molecule has 3 rings (SSSR count). The van der Waals surface area contributed by atoms with Crippen LogP contribution in [0.3, 0.4) is 0 Å². The first-order valence-electron chi connectivity index (χ1n) is 10.2. The summed E-state index contributed by atoms with van der Waals surface area (Å²) in [6.07, 6.45) is 2.01. The third-order valence-corrected chi connectivity index (χ3v) is 5.19. The lowest BCUT2D eigenvalue weighted by atomic mass is 10.1. The summed E-state index contributed by atoms with van der Waals surface area (Å²) in [5, 5.41) is 0. The van der Waals surface area contributed by atoms with Gasteiger partial charge in [0.15, 0.2) is 6.10 Å². The largest absolute Gasteiger partial charge is 0.497 e. The highest BCUT2D eigenvalue weighted by atomic mass is 16.5. The van der Waals surface area contributed by atoms with Gasteiger partial charge in [-0.3, -0.25) is 4.79 Å². The predicted molar refractivity (Wildman–Crippen MR) is 119 cm³/mol. The Morgan fingerprint density at radius 3 is 2.32 bits per heavy atom. The molecule has 0 spiro atoms. The van der Waals surface area contributed by atoms with E-state index in [4.69, 9.17) is 14.2 Å². The summed E-state index contributed by atoms with van der Waals surface area (Å²) in [4.78, 5) is 28.9. The van der Waals surface area contributed by atoms with Gasteiger partial charge in [-0.1, -0.05) is 18.2 Å². The highest BCUT2D eigenvalue weighted by Crippen LogP contribution is 2.25. The van der Waals surface area contributed by atoms with Crippen molar-refractivity contribution in [2.24, 2.45) is 0 Å². The Hall–Kier alpha value is -3.48. The van der Waals surface area contributed by atoms with E-state index in [0.717, 1.165) is 18.8 Å². The molecule has 2 aromatic rings. The minimum absolute atomic E-state index is 0.187. The van der Waals surface area contributed by atoms with Crippen LogP contribution in [0.5, 0.6) is 11.5 Å². The minimum atomic E-state index is -0.854.